The van der Waals surface area contributed by atoms with Crippen LogP contribution in [0.25, 0.3) is 0 Å². The number of carbonyl (C=O) groups is 2. The largest absolute Gasteiger partial charge is 0.497 e. The normalized spacial score (nSPS) is 14.3. The fourth-order valence-electron chi connectivity index (χ4n) is 4.91. The minimum absolute atomic E-state index is 0.0640. The van der Waals surface area contributed by atoms with E-state index in [0.29, 0.717) is 13.0 Å². The Balaban J connectivity index is 1.65. The first kappa shape index (κ1) is 25.5. The van der Waals surface area contributed by atoms with Gasteiger partial charge >= 0.3 is 0 Å². The number of aryl methyl sites for hydroxylation is 1. The van der Waals surface area contributed by atoms with Crippen LogP contribution < -0.4 is 10.1 Å². The SMILES string of the molecule is COc1ccc(CC(=O)N(Cc2ccccc2C)C(Cc2ccccc2)C(=O)NC2CCCC2)cc1. The minimum atomic E-state index is -0.599. The molecule has 1 N–H and O–H groups in total. The Kier molecular flexibility index (Phi) is 8.77. The van der Waals surface area contributed by atoms with Crippen molar-refractivity contribution in [3.63, 3.8) is 0 Å². The molecular formula is C31H36N2O3. The summed E-state index contributed by atoms with van der Waals surface area (Å²) in [5.41, 5.74) is 4.09. The summed E-state index contributed by atoms with van der Waals surface area (Å²) in [6.07, 6.45) is 4.97. The van der Waals surface area contributed by atoms with Gasteiger partial charge in [-0.05, 0) is 54.2 Å². The van der Waals surface area contributed by atoms with Crippen LogP contribution in [0.1, 0.15) is 47.9 Å². The van der Waals surface area contributed by atoms with Gasteiger partial charge in [-0.1, -0.05) is 79.6 Å². The molecule has 188 valence electrons. The molecule has 1 unspecified atom stereocenters. The fraction of sp³-hybridized carbons (Fsp3) is 0.355. The smallest absolute Gasteiger partial charge is 0.243 e. The number of methoxy groups -OCH3 is 1. The average molecular weight is 485 g/mol. The van der Waals surface area contributed by atoms with Gasteiger partial charge in [0.05, 0.1) is 13.5 Å². The van der Waals surface area contributed by atoms with E-state index >= 15 is 0 Å². The van der Waals surface area contributed by atoms with E-state index < -0.39 is 6.04 Å². The summed E-state index contributed by atoms with van der Waals surface area (Å²) in [4.78, 5) is 29.4. The number of carbonyl (C=O) groups excluding carboxylic acids is 2. The Hall–Kier alpha value is -3.60. The van der Waals surface area contributed by atoms with Crippen molar-refractivity contribution >= 4 is 11.8 Å². The number of nitrogens with zero attached hydrogens (tertiary/aromatic N) is 1. The van der Waals surface area contributed by atoms with E-state index in [1.165, 1.54) is 0 Å². The summed E-state index contributed by atoms with van der Waals surface area (Å²) in [7, 11) is 1.63. The van der Waals surface area contributed by atoms with Crippen LogP contribution in [0.5, 0.6) is 5.75 Å². The maximum absolute atomic E-state index is 13.9. The lowest BCUT2D eigenvalue weighted by Crippen LogP contribution is -2.52. The highest BCUT2D eigenvalue weighted by molar-refractivity contribution is 5.89. The zero-order valence-electron chi connectivity index (χ0n) is 21.3. The molecule has 1 aliphatic rings. The van der Waals surface area contributed by atoms with Gasteiger partial charge in [-0.3, -0.25) is 9.59 Å². The van der Waals surface area contributed by atoms with Gasteiger partial charge in [0.15, 0.2) is 0 Å². The molecule has 1 saturated carbocycles. The van der Waals surface area contributed by atoms with Gasteiger partial charge in [-0.15, -0.1) is 0 Å². The number of benzene rings is 3. The predicted molar refractivity (Wildman–Crippen MR) is 143 cm³/mol. The molecule has 1 fully saturated rings. The van der Waals surface area contributed by atoms with E-state index in [-0.39, 0.29) is 24.3 Å². The van der Waals surface area contributed by atoms with Gasteiger partial charge in [-0.25, -0.2) is 0 Å². The van der Waals surface area contributed by atoms with Crippen LogP contribution >= 0.6 is 0 Å². The van der Waals surface area contributed by atoms with Crippen LogP contribution in [0.2, 0.25) is 0 Å². The first-order valence-electron chi connectivity index (χ1n) is 12.8. The highest BCUT2D eigenvalue weighted by Crippen LogP contribution is 2.22. The third-order valence-electron chi connectivity index (χ3n) is 7.09. The van der Waals surface area contributed by atoms with Crippen LogP contribution in [-0.4, -0.2) is 35.9 Å². The van der Waals surface area contributed by atoms with Crippen LogP contribution in [0.3, 0.4) is 0 Å². The molecule has 1 aliphatic carbocycles. The molecule has 2 amide bonds. The minimum Gasteiger partial charge on any atom is -0.497 e. The lowest BCUT2D eigenvalue weighted by Gasteiger charge is -2.33. The lowest BCUT2D eigenvalue weighted by atomic mass is 10.00. The zero-order chi connectivity index (χ0) is 25.3. The van der Waals surface area contributed by atoms with Gasteiger partial charge < -0.3 is 15.0 Å². The van der Waals surface area contributed by atoms with Crippen molar-refractivity contribution in [2.24, 2.45) is 0 Å². The molecule has 1 atom stereocenters. The maximum atomic E-state index is 13.9. The molecule has 0 aromatic heterocycles. The molecular weight excluding hydrogens is 448 g/mol. The maximum Gasteiger partial charge on any atom is 0.243 e. The summed E-state index contributed by atoms with van der Waals surface area (Å²) in [5, 5.41) is 3.26. The van der Waals surface area contributed by atoms with Crippen molar-refractivity contribution in [3.05, 3.63) is 101 Å². The number of hydrogen-bond donors (Lipinski definition) is 1. The molecule has 0 radical (unpaired) electrons. The second-order valence-corrected chi connectivity index (χ2v) is 9.67. The summed E-state index contributed by atoms with van der Waals surface area (Å²) >= 11 is 0. The van der Waals surface area contributed by atoms with Crippen molar-refractivity contribution in [2.75, 3.05) is 7.11 Å². The van der Waals surface area contributed by atoms with Gasteiger partial charge in [0.2, 0.25) is 11.8 Å². The summed E-state index contributed by atoms with van der Waals surface area (Å²) < 4.78 is 5.26. The number of ether oxygens (including phenoxy) is 1. The third kappa shape index (κ3) is 6.75. The predicted octanol–water partition coefficient (Wildman–Crippen LogP) is 5.25. The first-order valence-corrected chi connectivity index (χ1v) is 12.8. The van der Waals surface area contributed by atoms with Crippen molar-refractivity contribution in [3.8, 4) is 5.75 Å². The highest BCUT2D eigenvalue weighted by Gasteiger charge is 2.32. The Bertz CT molecular complexity index is 1140. The number of rotatable bonds is 10. The van der Waals surface area contributed by atoms with Crippen molar-refractivity contribution in [2.45, 2.75) is 64.1 Å². The zero-order valence-corrected chi connectivity index (χ0v) is 21.3. The molecule has 3 aromatic carbocycles. The van der Waals surface area contributed by atoms with Crippen LogP contribution in [-0.2, 0) is 29.0 Å². The Labute approximate surface area is 214 Å². The van der Waals surface area contributed by atoms with Gasteiger partial charge in [0.25, 0.3) is 0 Å². The van der Waals surface area contributed by atoms with Gasteiger partial charge in [0, 0.05) is 19.0 Å². The Morgan fingerprint density at radius 3 is 2.25 bits per heavy atom. The molecule has 0 spiro atoms. The fourth-order valence-corrected chi connectivity index (χ4v) is 4.91. The molecule has 5 nitrogen and oxygen atoms in total. The topological polar surface area (TPSA) is 58.6 Å². The van der Waals surface area contributed by atoms with E-state index in [2.05, 4.69) is 5.32 Å². The Morgan fingerprint density at radius 2 is 1.58 bits per heavy atom. The van der Waals surface area contributed by atoms with Gasteiger partial charge in [0.1, 0.15) is 11.8 Å². The summed E-state index contributed by atoms with van der Waals surface area (Å²) in [6.45, 7) is 2.43. The van der Waals surface area contributed by atoms with E-state index in [1.807, 2.05) is 85.8 Å². The molecule has 0 bridgehead atoms. The van der Waals surface area contributed by atoms with E-state index in [9.17, 15) is 9.59 Å². The van der Waals surface area contributed by atoms with Crippen LogP contribution in [0.4, 0.5) is 0 Å². The van der Waals surface area contributed by atoms with E-state index in [1.54, 1.807) is 12.0 Å². The van der Waals surface area contributed by atoms with Crippen molar-refractivity contribution < 1.29 is 14.3 Å². The molecule has 4 rings (SSSR count). The van der Waals surface area contributed by atoms with Crippen molar-refractivity contribution in [1.82, 2.24) is 10.2 Å². The molecule has 0 aliphatic heterocycles. The highest BCUT2D eigenvalue weighted by atomic mass is 16.5. The number of hydrogen-bond acceptors (Lipinski definition) is 3. The number of amides is 2. The number of nitrogens with one attached hydrogen (secondary N) is 1. The van der Waals surface area contributed by atoms with Crippen molar-refractivity contribution in [1.29, 1.82) is 0 Å². The Morgan fingerprint density at radius 1 is 0.917 bits per heavy atom. The van der Waals surface area contributed by atoms with E-state index in [0.717, 1.165) is 53.7 Å². The second-order valence-electron chi connectivity index (χ2n) is 9.67. The summed E-state index contributed by atoms with van der Waals surface area (Å²) in [6, 6.07) is 25.2. The van der Waals surface area contributed by atoms with Gasteiger partial charge in [-0.2, -0.15) is 0 Å². The molecule has 3 aromatic rings. The molecule has 0 heterocycles. The second kappa shape index (κ2) is 12.4. The third-order valence-corrected chi connectivity index (χ3v) is 7.09. The molecule has 5 heteroatoms. The lowest BCUT2D eigenvalue weighted by molar-refractivity contribution is -0.141. The quantitative estimate of drug-likeness (QED) is 0.428. The average Bonchev–Trinajstić information content (AvgIpc) is 3.41. The van der Waals surface area contributed by atoms with Crippen LogP contribution in [0, 0.1) is 6.92 Å². The van der Waals surface area contributed by atoms with Crippen LogP contribution in [0.15, 0.2) is 78.9 Å². The first-order chi connectivity index (χ1) is 17.5. The summed E-state index contributed by atoms with van der Waals surface area (Å²) in [5.74, 6) is 0.620. The molecule has 36 heavy (non-hydrogen) atoms. The monoisotopic (exact) mass is 484 g/mol. The molecule has 0 saturated heterocycles. The standard InChI is InChI=1S/C31H36N2O3/c1-23-10-6-7-13-26(23)22-33(30(34)21-25-16-18-28(36-2)19-17-25)29(20-24-11-4-3-5-12-24)31(35)32-27-14-8-9-15-27/h3-7,10-13,16-19,27,29H,8-9,14-15,20-22H2,1-2H3,(H,32,35). The van der Waals surface area contributed by atoms with E-state index in [4.69, 9.17) is 4.74 Å².